The largest absolute Gasteiger partial charge is 0.444 e. The first-order chi connectivity index (χ1) is 10.3. The third-order valence-electron chi connectivity index (χ3n) is 3.92. The zero-order chi connectivity index (χ0) is 16.3. The lowest BCUT2D eigenvalue weighted by atomic mass is 10.1. The monoisotopic (exact) mass is 304 g/mol. The van der Waals surface area contributed by atoms with Gasteiger partial charge in [0.2, 0.25) is 0 Å². The Morgan fingerprint density at radius 1 is 1.41 bits per heavy atom. The number of benzene rings is 1. The predicted molar refractivity (Wildman–Crippen MR) is 89.1 cm³/mol. The van der Waals surface area contributed by atoms with Crippen molar-refractivity contribution < 1.29 is 9.53 Å². The Hall–Kier alpha value is -1.55. The number of hydrogen-bond donors (Lipinski definition) is 1. The summed E-state index contributed by atoms with van der Waals surface area (Å²) in [4.78, 5) is 13.5. The van der Waals surface area contributed by atoms with Crippen molar-refractivity contribution in [2.75, 3.05) is 20.1 Å². The average Bonchev–Trinajstić information content (AvgIpc) is 2.79. The van der Waals surface area contributed by atoms with Crippen LogP contribution in [0.4, 0.5) is 4.79 Å². The Balaban J connectivity index is 1.81. The van der Waals surface area contributed by atoms with E-state index in [4.69, 9.17) is 4.74 Å². The zero-order valence-electron chi connectivity index (χ0n) is 14.4. The Bertz CT molecular complexity index is 534. The summed E-state index contributed by atoms with van der Waals surface area (Å²) in [6.45, 7) is 9.20. The zero-order valence-corrected chi connectivity index (χ0v) is 14.4. The molecule has 2 rings (SSSR count). The number of nitrogens with one attached hydrogen (secondary N) is 1. The third-order valence-corrected chi connectivity index (χ3v) is 3.92. The van der Waals surface area contributed by atoms with Crippen LogP contribution in [-0.2, 0) is 11.2 Å². The fraction of sp³-hybridized carbons (Fsp3) is 0.611. The number of carbonyl (C=O) groups excluding carboxylic acids is 1. The standard InChI is InChI=1S/C18H28N2O2/c1-13-6-7-14-8-9-16(15(14)12-13)19-10-11-20(5)17(21)22-18(2,3)4/h6-7,12,16,19H,8-11H2,1-5H3. The summed E-state index contributed by atoms with van der Waals surface area (Å²) in [5.41, 5.74) is 3.72. The number of carbonyl (C=O) groups is 1. The predicted octanol–water partition coefficient (Wildman–Crippen LogP) is 3.44. The summed E-state index contributed by atoms with van der Waals surface area (Å²) in [6.07, 6.45) is 2.00. The number of nitrogens with zero attached hydrogens (tertiary/aromatic N) is 1. The molecule has 0 saturated heterocycles. The van der Waals surface area contributed by atoms with Gasteiger partial charge in [-0.25, -0.2) is 4.79 Å². The fourth-order valence-electron chi connectivity index (χ4n) is 2.77. The van der Waals surface area contributed by atoms with Crippen molar-refractivity contribution in [3.8, 4) is 0 Å². The van der Waals surface area contributed by atoms with E-state index < -0.39 is 5.60 Å². The molecule has 1 atom stereocenters. The lowest BCUT2D eigenvalue weighted by molar-refractivity contribution is 0.0299. The Kier molecular flexibility index (Phi) is 5.12. The topological polar surface area (TPSA) is 41.6 Å². The molecule has 4 nitrogen and oxygen atoms in total. The van der Waals surface area contributed by atoms with E-state index in [0.29, 0.717) is 12.6 Å². The molecule has 0 heterocycles. The van der Waals surface area contributed by atoms with Crippen LogP contribution in [0.2, 0.25) is 0 Å². The molecule has 122 valence electrons. The van der Waals surface area contributed by atoms with Crippen LogP contribution in [0, 0.1) is 6.92 Å². The highest BCUT2D eigenvalue weighted by atomic mass is 16.6. The molecule has 1 unspecified atom stereocenters. The van der Waals surface area contributed by atoms with E-state index >= 15 is 0 Å². The van der Waals surface area contributed by atoms with E-state index in [-0.39, 0.29) is 6.09 Å². The van der Waals surface area contributed by atoms with E-state index in [2.05, 4.69) is 30.4 Å². The molecule has 0 saturated carbocycles. The van der Waals surface area contributed by atoms with Crippen molar-refractivity contribution in [3.63, 3.8) is 0 Å². The van der Waals surface area contributed by atoms with Crippen LogP contribution in [0.15, 0.2) is 18.2 Å². The summed E-state index contributed by atoms with van der Waals surface area (Å²) in [6, 6.07) is 7.09. The van der Waals surface area contributed by atoms with Gasteiger partial charge in [0.1, 0.15) is 5.60 Å². The maximum atomic E-state index is 11.9. The highest BCUT2D eigenvalue weighted by Crippen LogP contribution is 2.31. The molecule has 1 aliphatic rings. The average molecular weight is 304 g/mol. The maximum absolute atomic E-state index is 11.9. The minimum Gasteiger partial charge on any atom is -0.444 e. The van der Waals surface area contributed by atoms with Crippen molar-refractivity contribution in [1.82, 2.24) is 10.2 Å². The van der Waals surface area contributed by atoms with Gasteiger partial charge in [0.25, 0.3) is 0 Å². The molecule has 0 spiro atoms. The molecule has 1 N–H and O–H groups in total. The number of amides is 1. The smallest absolute Gasteiger partial charge is 0.410 e. The molecule has 0 aliphatic heterocycles. The van der Waals surface area contributed by atoms with Crippen LogP contribution < -0.4 is 5.32 Å². The van der Waals surface area contributed by atoms with Crippen LogP contribution in [0.5, 0.6) is 0 Å². The number of aryl methyl sites for hydroxylation is 2. The van der Waals surface area contributed by atoms with Crippen molar-refractivity contribution in [3.05, 3.63) is 34.9 Å². The number of hydrogen-bond acceptors (Lipinski definition) is 3. The van der Waals surface area contributed by atoms with Crippen molar-refractivity contribution in [1.29, 1.82) is 0 Å². The summed E-state index contributed by atoms with van der Waals surface area (Å²) >= 11 is 0. The second kappa shape index (κ2) is 6.69. The normalized spacial score (nSPS) is 17.2. The van der Waals surface area contributed by atoms with Crippen molar-refractivity contribution >= 4 is 6.09 Å². The van der Waals surface area contributed by atoms with E-state index in [1.807, 2.05) is 20.8 Å². The van der Waals surface area contributed by atoms with Crippen LogP contribution >= 0.6 is 0 Å². The number of likely N-dealkylation sites (N-methyl/N-ethyl adjacent to an activating group) is 1. The quantitative estimate of drug-likeness (QED) is 0.926. The van der Waals surface area contributed by atoms with Crippen LogP contribution in [0.3, 0.4) is 0 Å². The van der Waals surface area contributed by atoms with E-state index in [1.165, 1.54) is 16.7 Å². The van der Waals surface area contributed by atoms with Crippen LogP contribution in [-0.4, -0.2) is 36.7 Å². The third kappa shape index (κ3) is 4.47. The lowest BCUT2D eigenvalue weighted by Gasteiger charge is -2.25. The van der Waals surface area contributed by atoms with Gasteiger partial charge in [0.15, 0.2) is 0 Å². The Morgan fingerprint density at radius 2 is 2.14 bits per heavy atom. The Labute approximate surface area is 133 Å². The van der Waals surface area contributed by atoms with Gasteiger partial charge >= 0.3 is 6.09 Å². The van der Waals surface area contributed by atoms with Crippen molar-refractivity contribution in [2.45, 2.75) is 52.2 Å². The van der Waals surface area contributed by atoms with E-state index in [9.17, 15) is 4.79 Å². The molecule has 0 fully saturated rings. The molecule has 22 heavy (non-hydrogen) atoms. The summed E-state index contributed by atoms with van der Waals surface area (Å²) in [5, 5.41) is 3.56. The molecule has 0 bridgehead atoms. The lowest BCUT2D eigenvalue weighted by Crippen LogP contribution is -2.38. The summed E-state index contributed by atoms with van der Waals surface area (Å²) < 4.78 is 5.35. The molecular weight excluding hydrogens is 276 g/mol. The molecule has 4 heteroatoms. The molecular formula is C18H28N2O2. The SMILES string of the molecule is Cc1ccc2c(c1)C(NCCN(C)C(=O)OC(C)(C)C)CC2. The summed E-state index contributed by atoms with van der Waals surface area (Å²) in [7, 11) is 1.78. The first kappa shape index (κ1) is 16.8. The van der Waals surface area contributed by atoms with Crippen LogP contribution in [0.25, 0.3) is 0 Å². The second-order valence-corrected chi connectivity index (χ2v) is 7.15. The molecule has 1 aromatic carbocycles. The fourth-order valence-corrected chi connectivity index (χ4v) is 2.77. The van der Waals surface area contributed by atoms with Crippen LogP contribution in [0.1, 0.15) is 49.9 Å². The second-order valence-electron chi connectivity index (χ2n) is 7.15. The van der Waals surface area contributed by atoms with Gasteiger partial charge in [0, 0.05) is 26.2 Å². The number of fused-ring (bicyclic) bond motifs is 1. The van der Waals surface area contributed by atoms with Gasteiger partial charge < -0.3 is 15.0 Å². The van der Waals surface area contributed by atoms with Gasteiger partial charge in [0.05, 0.1) is 0 Å². The Morgan fingerprint density at radius 3 is 2.82 bits per heavy atom. The van der Waals surface area contributed by atoms with Gasteiger partial charge in [-0.3, -0.25) is 0 Å². The van der Waals surface area contributed by atoms with Gasteiger partial charge in [-0.05, 0) is 51.7 Å². The molecule has 1 aliphatic carbocycles. The number of rotatable bonds is 4. The molecule has 0 aromatic heterocycles. The summed E-state index contributed by atoms with van der Waals surface area (Å²) in [5.74, 6) is 0. The van der Waals surface area contributed by atoms with Gasteiger partial charge in [-0.2, -0.15) is 0 Å². The van der Waals surface area contributed by atoms with E-state index in [0.717, 1.165) is 19.4 Å². The van der Waals surface area contributed by atoms with Gasteiger partial charge in [-0.15, -0.1) is 0 Å². The van der Waals surface area contributed by atoms with Crippen molar-refractivity contribution in [2.24, 2.45) is 0 Å². The minimum absolute atomic E-state index is 0.267. The first-order valence-electron chi connectivity index (χ1n) is 8.03. The highest BCUT2D eigenvalue weighted by Gasteiger charge is 2.23. The number of ether oxygens (including phenoxy) is 1. The highest BCUT2D eigenvalue weighted by molar-refractivity contribution is 5.67. The molecule has 1 amide bonds. The van der Waals surface area contributed by atoms with Gasteiger partial charge in [-0.1, -0.05) is 23.8 Å². The molecule has 0 radical (unpaired) electrons. The minimum atomic E-state index is -0.444. The molecule has 1 aromatic rings. The first-order valence-corrected chi connectivity index (χ1v) is 8.03. The van der Waals surface area contributed by atoms with E-state index in [1.54, 1.807) is 11.9 Å². The maximum Gasteiger partial charge on any atom is 0.410 e.